The first-order valence-corrected chi connectivity index (χ1v) is 6.34. The van der Waals surface area contributed by atoms with Crippen molar-refractivity contribution >= 4 is 11.8 Å². The molecule has 0 radical (unpaired) electrons. The van der Waals surface area contributed by atoms with Crippen LogP contribution in [0.1, 0.15) is 30.9 Å². The highest BCUT2D eigenvalue weighted by atomic mass is 16.2. The van der Waals surface area contributed by atoms with Gasteiger partial charge in [-0.25, -0.2) is 0 Å². The Morgan fingerprint density at radius 1 is 1.47 bits per heavy atom. The van der Waals surface area contributed by atoms with Crippen LogP contribution in [0, 0.1) is 0 Å². The summed E-state index contributed by atoms with van der Waals surface area (Å²) in [6, 6.07) is -1.34. The average molecular weight is 265 g/mol. The number of nitrogens with two attached hydrogens (primary N) is 2. The van der Waals surface area contributed by atoms with E-state index in [0.717, 1.165) is 12.8 Å². The van der Waals surface area contributed by atoms with Gasteiger partial charge in [0.05, 0.1) is 6.20 Å². The second kappa shape index (κ2) is 5.40. The summed E-state index contributed by atoms with van der Waals surface area (Å²) in [7, 11) is 1.76. The number of rotatable bonds is 3. The van der Waals surface area contributed by atoms with Crippen LogP contribution in [0.4, 0.5) is 0 Å². The molecule has 2 atom stereocenters. The Bertz CT molecular complexity index is 484. The lowest BCUT2D eigenvalue weighted by Gasteiger charge is -2.35. The fraction of sp³-hybridized carbons (Fsp3) is 0.583. The van der Waals surface area contributed by atoms with Gasteiger partial charge >= 0.3 is 0 Å². The molecule has 7 heteroatoms. The molecular formula is C12H19N5O2. The highest BCUT2D eigenvalue weighted by molar-refractivity contribution is 5.89. The third-order valence-corrected chi connectivity index (χ3v) is 3.46. The molecule has 2 heterocycles. The Balaban J connectivity index is 2.15. The van der Waals surface area contributed by atoms with Gasteiger partial charge in [0.1, 0.15) is 12.1 Å². The number of carbonyl (C=O) groups is 2. The molecule has 104 valence electrons. The van der Waals surface area contributed by atoms with E-state index in [1.807, 2.05) is 0 Å². The summed E-state index contributed by atoms with van der Waals surface area (Å²) in [5, 5.41) is 3.99. The molecule has 0 bridgehead atoms. The first-order chi connectivity index (χ1) is 9.00. The average Bonchev–Trinajstić information content (AvgIpc) is 2.83. The van der Waals surface area contributed by atoms with Crippen LogP contribution >= 0.6 is 0 Å². The predicted octanol–water partition coefficient (Wildman–Crippen LogP) is -0.714. The molecule has 0 aromatic carbocycles. The second-order valence-electron chi connectivity index (χ2n) is 4.87. The Hall–Kier alpha value is -1.89. The SMILES string of the molecule is Cn1cc(C(N)C(=O)N2CCCCC2C(N)=O)cn1. The van der Waals surface area contributed by atoms with Gasteiger partial charge in [-0.3, -0.25) is 14.3 Å². The van der Waals surface area contributed by atoms with Gasteiger partial charge in [0, 0.05) is 25.4 Å². The van der Waals surface area contributed by atoms with Crippen LogP contribution in [-0.2, 0) is 16.6 Å². The maximum absolute atomic E-state index is 12.4. The lowest BCUT2D eigenvalue weighted by atomic mass is 9.99. The van der Waals surface area contributed by atoms with Crippen molar-refractivity contribution in [1.29, 1.82) is 0 Å². The highest BCUT2D eigenvalue weighted by Crippen LogP contribution is 2.21. The summed E-state index contributed by atoms with van der Waals surface area (Å²) in [6.45, 7) is 0.528. The zero-order valence-corrected chi connectivity index (χ0v) is 11.0. The number of amides is 2. The predicted molar refractivity (Wildman–Crippen MR) is 68.7 cm³/mol. The monoisotopic (exact) mass is 265 g/mol. The van der Waals surface area contributed by atoms with E-state index in [1.54, 1.807) is 24.1 Å². The second-order valence-corrected chi connectivity index (χ2v) is 4.87. The molecule has 0 saturated carbocycles. The molecule has 0 spiro atoms. The summed E-state index contributed by atoms with van der Waals surface area (Å²) < 4.78 is 1.59. The quantitative estimate of drug-likeness (QED) is 0.752. The fourth-order valence-electron chi connectivity index (χ4n) is 2.41. The highest BCUT2D eigenvalue weighted by Gasteiger charge is 2.33. The van der Waals surface area contributed by atoms with Crippen LogP contribution in [0.3, 0.4) is 0 Å². The maximum atomic E-state index is 12.4. The number of piperidine rings is 1. The van der Waals surface area contributed by atoms with E-state index in [0.29, 0.717) is 18.5 Å². The van der Waals surface area contributed by atoms with Crippen LogP contribution < -0.4 is 11.5 Å². The van der Waals surface area contributed by atoms with E-state index in [1.165, 1.54) is 4.90 Å². The molecule has 1 fully saturated rings. The van der Waals surface area contributed by atoms with Gasteiger partial charge in [-0.2, -0.15) is 5.10 Å². The number of primary amides is 1. The van der Waals surface area contributed by atoms with E-state index in [-0.39, 0.29) is 5.91 Å². The summed E-state index contributed by atoms with van der Waals surface area (Å²) in [5.41, 5.74) is 11.9. The van der Waals surface area contributed by atoms with Crippen LogP contribution in [0.5, 0.6) is 0 Å². The van der Waals surface area contributed by atoms with Crippen molar-refractivity contribution in [1.82, 2.24) is 14.7 Å². The molecular weight excluding hydrogens is 246 g/mol. The Labute approximate surface area is 111 Å². The minimum Gasteiger partial charge on any atom is -0.368 e. The Morgan fingerprint density at radius 2 is 2.21 bits per heavy atom. The normalized spacial score (nSPS) is 21.2. The number of hydrogen-bond acceptors (Lipinski definition) is 4. The lowest BCUT2D eigenvalue weighted by molar-refractivity contribution is -0.142. The van der Waals surface area contributed by atoms with Gasteiger partial charge in [-0.05, 0) is 19.3 Å². The van der Waals surface area contributed by atoms with Gasteiger partial charge in [0.15, 0.2) is 0 Å². The summed E-state index contributed by atoms with van der Waals surface area (Å²) in [6.07, 6.45) is 5.65. The summed E-state index contributed by atoms with van der Waals surface area (Å²) in [5.74, 6) is -0.733. The van der Waals surface area contributed by atoms with E-state index >= 15 is 0 Å². The van der Waals surface area contributed by atoms with E-state index in [2.05, 4.69) is 5.10 Å². The maximum Gasteiger partial charge on any atom is 0.244 e. The van der Waals surface area contributed by atoms with Gasteiger partial charge in [0.25, 0.3) is 0 Å². The van der Waals surface area contributed by atoms with Gasteiger partial charge in [-0.1, -0.05) is 0 Å². The van der Waals surface area contributed by atoms with Crippen molar-refractivity contribution in [2.24, 2.45) is 18.5 Å². The van der Waals surface area contributed by atoms with Gasteiger partial charge in [-0.15, -0.1) is 0 Å². The van der Waals surface area contributed by atoms with Crippen molar-refractivity contribution in [2.75, 3.05) is 6.54 Å². The standard InChI is InChI=1S/C12H19N5O2/c1-16-7-8(6-15-16)10(13)12(19)17-5-3-2-4-9(17)11(14)18/h6-7,9-10H,2-5,13H2,1H3,(H2,14,18). The Morgan fingerprint density at radius 3 is 2.79 bits per heavy atom. The number of likely N-dealkylation sites (tertiary alicyclic amines) is 1. The number of hydrogen-bond donors (Lipinski definition) is 2. The molecule has 1 aromatic rings. The van der Waals surface area contributed by atoms with E-state index in [4.69, 9.17) is 11.5 Å². The summed E-state index contributed by atoms with van der Waals surface area (Å²) >= 11 is 0. The van der Waals surface area contributed by atoms with Crippen LogP contribution in [-0.4, -0.2) is 39.1 Å². The molecule has 7 nitrogen and oxygen atoms in total. The minimum absolute atomic E-state index is 0.267. The molecule has 1 aromatic heterocycles. The molecule has 19 heavy (non-hydrogen) atoms. The van der Waals surface area contributed by atoms with Crippen molar-refractivity contribution in [3.63, 3.8) is 0 Å². The van der Waals surface area contributed by atoms with Crippen LogP contribution in [0.25, 0.3) is 0 Å². The minimum atomic E-state index is -0.798. The zero-order valence-electron chi connectivity index (χ0n) is 11.0. The first kappa shape index (κ1) is 13.5. The molecule has 2 unspecified atom stereocenters. The molecule has 4 N–H and O–H groups in total. The smallest absolute Gasteiger partial charge is 0.244 e. The zero-order chi connectivity index (χ0) is 14.0. The van der Waals surface area contributed by atoms with Crippen molar-refractivity contribution in [2.45, 2.75) is 31.3 Å². The van der Waals surface area contributed by atoms with E-state index < -0.39 is 18.0 Å². The number of aryl methyl sites for hydroxylation is 1. The number of carbonyl (C=O) groups excluding carboxylic acids is 2. The molecule has 1 saturated heterocycles. The molecule has 2 rings (SSSR count). The van der Waals surface area contributed by atoms with Gasteiger partial charge < -0.3 is 16.4 Å². The molecule has 2 amide bonds. The summed E-state index contributed by atoms with van der Waals surface area (Å²) in [4.78, 5) is 25.3. The first-order valence-electron chi connectivity index (χ1n) is 6.34. The van der Waals surface area contributed by atoms with E-state index in [9.17, 15) is 9.59 Å². The topological polar surface area (TPSA) is 107 Å². The van der Waals surface area contributed by atoms with Crippen molar-refractivity contribution < 1.29 is 9.59 Å². The van der Waals surface area contributed by atoms with Gasteiger partial charge in [0.2, 0.25) is 11.8 Å². The van der Waals surface area contributed by atoms with Crippen LogP contribution in [0.15, 0.2) is 12.4 Å². The molecule has 1 aliphatic heterocycles. The largest absolute Gasteiger partial charge is 0.368 e. The number of aromatic nitrogens is 2. The number of nitrogens with zero attached hydrogens (tertiary/aromatic N) is 3. The fourth-order valence-corrected chi connectivity index (χ4v) is 2.41. The molecule has 1 aliphatic rings. The van der Waals surface area contributed by atoms with Crippen LogP contribution in [0.2, 0.25) is 0 Å². The third kappa shape index (κ3) is 2.76. The Kier molecular flexibility index (Phi) is 3.84. The van der Waals surface area contributed by atoms with Crippen molar-refractivity contribution in [3.8, 4) is 0 Å². The lowest BCUT2D eigenvalue weighted by Crippen LogP contribution is -2.52. The van der Waals surface area contributed by atoms with Crippen molar-refractivity contribution in [3.05, 3.63) is 18.0 Å². The third-order valence-electron chi connectivity index (χ3n) is 3.46. The molecule has 0 aliphatic carbocycles.